The Labute approximate surface area is 95.9 Å². The van der Waals surface area contributed by atoms with Crippen molar-refractivity contribution in [2.24, 2.45) is 5.73 Å². The molecule has 0 aromatic rings. The fourth-order valence-electron chi connectivity index (χ4n) is 1.03. The molecule has 0 saturated carbocycles. The summed E-state index contributed by atoms with van der Waals surface area (Å²) in [4.78, 5) is 22.1. The van der Waals surface area contributed by atoms with Crippen LogP contribution < -0.4 is 11.1 Å². The summed E-state index contributed by atoms with van der Waals surface area (Å²) < 4.78 is 0. The van der Waals surface area contributed by atoms with Crippen LogP contribution in [0.15, 0.2) is 36.0 Å². The van der Waals surface area contributed by atoms with E-state index in [-0.39, 0.29) is 11.9 Å². The molecule has 0 radical (unpaired) electrons. The zero-order valence-corrected chi connectivity index (χ0v) is 9.86. The lowest BCUT2D eigenvalue weighted by atomic mass is 10.2. The van der Waals surface area contributed by atoms with E-state index in [4.69, 9.17) is 5.73 Å². The number of rotatable bonds is 5. The zero-order valence-electron chi connectivity index (χ0n) is 9.86. The fraction of sp³-hybridized carbons (Fsp3) is 0.333. The first-order valence-electron chi connectivity index (χ1n) is 5.05. The number of hydrogen-bond acceptors (Lipinski definition) is 2. The first kappa shape index (κ1) is 14.2. The third-order valence-electron chi connectivity index (χ3n) is 1.81. The van der Waals surface area contributed by atoms with Crippen LogP contribution in [0.4, 0.5) is 0 Å². The van der Waals surface area contributed by atoms with Gasteiger partial charge in [-0.2, -0.15) is 0 Å². The molecule has 0 heterocycles. The van der Waals surface area contributed by atoms with Crippen LogP contribution >= 0.6 is 0 Å². The minimum absolute atomic E-state index is 0.209. The molecular weight excluding hydrogens is 204 g/mol. The molecule has 1 atom stereocenters. The topological polar surface area (TPSA) is 72.2 Å². The van der Waals surface area contributed by atoms with Crippen LogP contribution in [0.1, 0.15) is 20.8 Å². The third kappa shape index (κ3) is 6.59. The Balaban J connectivity index is 4.25. The molecule has 16 heavy (non-hydrogen) atoms. The predicted octanol–water partition coefficient (Wildman–Crippen LogP) is 1.05. The van der Waals surface area contributed by atoms with Gasteiger partial charge in [-0.25, -0.2) is 0 Å². The molecule has 88 valence electrons. The smallest absolute Gasteiger partial charge is 0.244 e. The predicted molar refractivity (Wildman–Crippen MR) is 64.5 cm³/mol. The summed E-state index contributed by atoms with van der Waals surface area (Å²) in [6.45, 7) is 5.25. The molecule has 0 fully saturated rings. The molecule has 0 aliphatic carbocycles. The summed E-state index contributed by atoms with van der Waals surface area (Å²) in [5, 5.41) is 2.68. The van der Waals surface area contributed by atoms with Crippen LogP contribution in [0.25, 0.3) is 0 Å². The maximum absolute atomic E-state index is 11.3. The quantitative estimate of drug-likeness (QED) is 0.539. The van der Waals surface area contributed by atoms with Gasteiger partial charge in [0.25, 0.3) is 0 Å². The summed E-state index contributed by atoms with van der Waals surface area (Å²) in [5.41, 5.74) is 5.51. The van der Waals surface area contributed by atoms with Gasteiger partial charge in [-0.15, -0.1) is 0 Å². The number of amides is 2. The summed E-state index contributed by atoms with van der Waals surface area (Å²) in [6, 6.07) is -0.227. The van der Waals surface area contributed by atoms with E-state index in [1.807, 2.05) is 13.0 Å². The van der Waals surface area contributed by atoms with E-state index in [1.54, 1.807) is 32.1 Å². The molecule has 0 aromatic carbocycles. The van der Waals surface area contributed by atoms with Crippen molar-refractivity contribution >= 4 is 11.8 Å². The highest BCUT2D eigenvalue weighted by Gasteiger charge is 2.03. The van der Waals surface area contributed by atoms with Gasteiger partial charge in [0.05, 0.1) is 0 Å². The third-order valence-corrected chi connectivity index (χ3v) is 1.81. The van der Waals surface area contributed by atoms with Crippen molar-refractivity contribution in [3.63, 3.8) is 0 Å². The monoisotopic (exact) mass is 222 g/mol. The molecule has 4 heteroatoms. The van der Waals surface area contributed by atoms with Crippen LogP contribution in [0.5, 0.6) is 0 Å². The number of carbonyl (C=O) groups is 2. The minimum atomic E-state index is -0.481. The van der Waals surface area contributed by atoms with Gasteiger partial charge in [0.2, 0.25) is 11.8 Å². The maximum Gasteiger partial charge on any atom is 0.244 e. The minimum Gasteiger partial charge on any atom is -0.366 e. The van der Waals surface area contributed by atoms with Crippen molar-refractivity contribution in [2.45, 2.75) is 26.8 Å². The van der Waals surface area contributed by atoms with Crippen molar-refractivity contribution in [2.75, 3.05) is 0 Å². The van der Waals surface area contributed by atoms with E-state index in [0.29, 0.717) is 5.57 Å². The van der Waals surface area contributed by atoms with Crippen LogP contribution in [0.2, 0.25) is 0 Å². The summed E-state index contributed by atoms with van der Waals surface area (Å²) >= 11 is 0. The molecular formula is C12H18N2O2. The molecule has 3 N–H and O–H groups in total. The van der Waals surface area contributed by atoms with Gasteiger partial charge in [0, 0.05) is 17.7 Å². The molecule has 0 unspecified atom stereocenters. The SMILES string of the molecule is C/C=C/C=C\C(=O)N[C@@H](C)/C=C(\C)C(N)=O. The van der Waals surface area contributed by atoms with Gasteiger partial charge in [0.1, 0.15) is 0 Å². The standard InChI is InChI=1S/C12H18N2O2/c1-4-5-6-7-11(15)14-10(3)8-9(2)12(13)16/h4-8,10H,1-3H3,(H2,13,16)(H,14,15)/b5-4+,7-6-,9-8+/t10-/m0/s1. The Hall–Kier alpha value is -1.84. The lowest BCUT2D eigenvalue weighted by Gasteiger charge is -2.08. The van der Waals surface area contributed by atoms with E-state index >= 15 is 0 Å². The van der Waals surface area contributed by atoms with E-state index in [1.165, 1.54) is 6.08 Å². The normalized spacial score (nSPS) is 14.3. The molecule has 2 amide bonds. The molecule has 0 aliphatic heterocycles. The van der Waals surface area contributed by atoms with Crippen molar-refractivity contribution in [1.29, 1.82) is 0 Å². The van der Waals surface area contributed by atoms with Crippen LogP contribution in [0, 0.1) is 0 Å². The van der Waals surface area contributed by atoms with E-state index in [9.17, 15) is 9.59 Å². The van der Waals surface area contributed by atoms with Crippen LogP contribution in [-0.2, 0) is 9.59 Å². The maximum atomic E-state index is 11.3. The lowest BCUT2D eigenvalue weighted by Crippen LogP contribution is -2.30. The number of primary amides is 1. The first-order chi connectivity index (χ1) is 7.47. The second kappa shape index (κ2) is 7.45. The Morgan fingerprint density at radius 2 is 1.94 bits per heavy atom. The summed E-state index contributed by atoms with van der Waals surface area (Å²) in [5.74, 6) is -0.690. The molecule has 0 rings (SSSR count). The Kier molecular flexibility index (Phi) is 6.59. The second-order valence-electron chi connectivity index (χ2n) is 3.40. The van der Waals surface area contributed by atoms with Gasteiger partial charge >= 0.3 is 0 Å². The molecule has 0 aliphatic rings. The van der Waals surface area contributed by atoms with Crippen molar-refractivity contribution in [1.82, 2.24) is 5.32 Å². The second-order valence-corrected chi connectivity index (χ2v) is 3.40. The van der Waals surface area contributed by atoms with E-state index in [2.05, 4.69) is 5.32 Å². The number of nitrogens with one attached hydrogen (secondary N) is 1. The van der Waals surface area contributed by atoms with Gasteiger partial charge in [-0.1, -0.05) is 24.3 Å². The number of hydrogen-bond donors (Lipinski definition) is 2. The molecule has 0 bridgehead atoms. The number of allylic oxidation sites excluding steroid dienone is 3. The number of nitrogens with two attached hydrogens (primary N) is 1. The van der Waals surface area contributed by atoms with Crippen LogP contribution in [0.3, 0.4) is 0 Å². The Morgan fingerprint density at radius 1 is 1.31 bits per heavy atom. The molecule has 0 aromatic heterocycles. The average Bonchev–Trinajstić information content (AvgIpc) is 2.17. The Bertz CT molecular complexity index is 341. The van der Waals surface area contributed by atoms with Crippen molar-refractivity contribution < 1.29 is 9.59 Å². The highest BCUT2D eigenvalue weighted by Crippen LogP contribution is 1.94. The lowest BCUT2D eigenvalue weighted by molar-refractivity contribution is -0.117. The highest BCUT2D eigenvalue weighted by molar-refractivity contribution is 5.92. The molecule has 0 saturated heterocycles. The first-order valence-corrected chi connectivity index (χ1v) is 5.05. The van der Waals surface area contributed by atoms with Crippen molar-refractivity contribution in [3.05, 3.63) is 36.0 Å². The highest BCUT2D eigenvalue weighted by atomic mass is 16.1. The molecule has 0 spiro atoms. The zero-order chi connectivity index (χ0) is 12.6. The van der Waals surface area contributed by atoms with Gasteiger partial charge in [0.15, 0.2) is 0 Å². The number of carbonyl (C=O) groups excluding carboxylic acids is 2. The fourth-order valence-corrected chi connectivity index (χ4v) is 1.03. The summed E-state index contributed by atoms with van der Waals surface area (Å²) in [7, 11) is 0. The van der Waals surface area contributed by atoms with Gasteiger partial charge in [-0.05, 0) is 20.8 Å². The average molecular weight is 222 g/mol. The summed E-state index contributed by atoms with van der Waals surface area (Å²) in [6.07, 6.45) is 8.26. The van der Waals surface area contributed by atoms with E-state index in [0.717, 1.165) is 0 Å². The van der Waals surface area contributed by atoms with Crippen LogP contribution in [-0.4, -0.2) is 17.9 Å². The van der Waals surface area contributed by atoms with Gasteiger partial charge in [-0.3, -0.25) is 9.59 Å². The largest absolute Gasteiger partial charge is 0.366 e. The molecule has 4 nitrogen and oxygen atoms in total. The van der Waals surface area contributed by atoms with Crippen molar-refractivity contribution in [3.8, 4) is 0 Å². The Morgan fingerprint density at radius 3 is 2.44 bits per heavy atom. The van der Waals surface area contributed by atoms with E-state index < -0.39 is 5.91 Å². The van der Waals surface area contributed by atoms with Gasteiger partial charge < -0.3 is 11.1 Å².